The molecule has 43 heavy (non-hydrogen) atoms. The predicted octanol–water partition coefficient (Wildman–Crippen LogP) is 4.35. The Kier molecular flexibility index (Phi) is 11.4. The van der Waals surface area contributed by atoms with Crippen molar-refractivity contribution in [2.75, 3.05) is 44.3 Å². The molecule has 0 aromatic heterocycles. The first kappa shape index (κ1) is 32.7. The third kappa shape index (κ3) is 6.53. The number of carbonyl (C=O) groups excluding carboxylic acids is 3. The normalized spacial score (nSPS) is 25.5. The smallest absolute Gasteiger partial charge is 0.248 e. The molecule has 3 heterocycles. The van der Waals surface area contributed by atoms with E-state index in [4.69, 9.17) is 9.47 Å². The Morgan fingerprint density at radius 1 is 1.07 bits per heavy atom. The van der Waals surface area contributed by atoms with Gasteiger partial charge < -0.3 is 29.3 Å². The average molecular weight is 596 g/mol. The third-order valence-electron chi connectivity index (χ3n) is 9.11. The van der Waals surface area contributed by atoms with Crippen molar-refractivity contribution >= 4 is 23.4 Å². The highest BCUT2D eigenvalue weighted by molar-refractivity contribution is 6.03. The Bertz CT molecular complexity index is 1140. The topological polar surface area (TPSA) is 99.6 Å². The quantitative estimate of drug-likeness (QED) is 0.200. The Balaban J connectivity index is 1.67. The first-order chi connectivity index (χ1) is 20.9. The Hall–Kier alpha value is -3.17. The molecule has 0 saturated carbocycles. The minimum Gasteiger partial charge on any atom is -0.494 e. The first-order valence-corrected chi connectivity index (χ1v) is 16.0. The van der Waals surface area contributed by atoms with E-state index in [1.54, 1.807) is 26.9 Å². The number of unbranched alkanes of at least 4 members (excludes halogenated alkanes) is 4. The number of ether oxygens (including phenoxy) is 2. The van der Waals surface area contributed by atoms with Gasteiger partial charge in [-0.1, -0.05) is 31.9 Å². The lowest BCUT2D eigenvalue weighted by Gasteiger charge is -2.37. The summed E-state index contributed by atoms with van der Waals surface area (Å²) < 4.78 is 12.3. The number of benzene rings is 1. The van der Waals surface area contributed by atoms with Gasteiger partial charge in [0.05, 0.1) is 24.5 Å². The number of hydrogen-bond acceptors (Lipinski definition) is 6. The number of aliphatic hydroxyl groups is 1. The van der Waals surface area contributed by atoms with Crippen molar-refractivity contribution in [3.8, 4) is 5.75 Å². The van der Waals surface area contributed by atoms with Gasteiger partial charge in [-0.25, -0.2) is 0 Å². The molecular weight excluding hydrogens is 546 g/mol. The van der Waals surface area contributed by atoms with Gasteiger partial charge >= 0.3 is 0 Å². The number of likely N-dealkylation sites (tertiary alicyclic amines) is 1. The average Bonchev–Trinajstić information content (AvgIpc) is 3.65. The van der Waals surface area contributed by atoms with Gasteiger partial charge in [0.25, 0.3) is 0 Å². The van der Waals surface area contributed by atoms with Crippen molar-refractivity contribution in [3.63, 3.8) is 0 Å². The fourth-order valence-corrected chi connectivity index (χ4v) is 7.22. The van der Waals surface area contributed by atoms with Crippen LogP contribution < -0.4 is 9.64 Å². The highest BCUT2D eigenvalue weighted by Gasteiger charge is 2.74. The van der Waals surface area contributed by atoms with Crippen LogP contribution in [0.1, 0.15) is 65.2 Å². The van der Waals surface area contributed by atoms with Gasteiger partial charge in [0.2, 0.25) is 17.7 Å². The van der Waals surface area contributed by atoms with Crippen LogP contribution >= 0.6 is 0 Å². The number of nitrogens with zero attached hydrogens (tertiary/aromatic N) is 3. The molecule has 5 atom stereocenters. The van der Waals surface area contributed by atoms with Crippen LogP contribution in [0.2, 0.25) is 0 Å². The van der Waals surface area contributed by atoms with Gasteiger partial charge in [-0.3, -0.25) is 14.4 Å². The second-order valence-electron chi connectivity index (χ2n) is 11.8. The first-order valence-electron chi connectivity index (χ1n) is 16.0. The zero-order valence-electron chi connectivity index (χ0n) is 25.9. The SMILES string of the molecule is C=CCN(CCCCC)C(=O)C1N(CCCCCO)C(=O)[C@@H]2[C@H](C(=O)N(CC=C)c3ccc(OCC)cc3)[C@@H]3CCC12O3. The summed E-state index contributed by atoms with van der Waals surface area (Å²) in [6.07, 6.45) is 9.08. The van der Waals surface area contributed by atoms with Crippen LogP contribution in [-0.4, -0.2) is 89.8 Å². The van der Waals surface area contributed by atoms with Crippen molar-refractivity contribution in [3.05, 3.63) is 49.6 Å². The van der Waals surface area contributed by atoms with E-state index in [0.29, 0.717) is 63.4 Å². The van der Waals surface area contributed by atoms with Gasteiger partial charge in [0.15, 0.2) is 0 Å². The van der Waals surface area contributed by atoms with Gasteiger partial charge in [-0.05, 0) is 69.7 Å². The minimum absolute atomic E-state index is 0.0828. The zero-order chi connectivity index (χ0) is 31.0. The van der Waals surface area contributed by atoms with E-state index in [1.165, 1.54) is 0 Å². The lowest BCUT2D eigenvalue weighted by molar-refractivity contribution is -0.147. The Labute approximate surface area is 256 Å². The standard InChI is InChI=1S/C34H49N3O6/c1-5-9-11-22-35(20-6-2)33(41)30-34-19-18-27(43-34)28(29(34)32(40)37(30)23-12-10-13-24-38)31(39)36(21-7-3)25-14-16-26(17-15-25)42-8-4/h6-7,14-17,27-30,38H,2-3,5,8-13,18-24H2,1,4H3/t27-,28+,29-,30?,34?/m0/s1. The van der Waals surface area contributed by atoms with Gasteiger partial charge in [-0.2, -0.15) is 0 Å². The van der Waals surface area contributed by atoms with Crippen LogP contribution in [0.4, 0.5) is 5.69 Å². The van der Waals surface area contributed by atoms with Gasteiger partial charge in [-0.15, -0.1) is 13.2 Å². The van der Waals surface area contributed by atoms with Crippen LogP contribution in [0.25, 0.3) is 0 Å². The van der Waals surface area contributed by atoms with Crippen molar-refractivity contribution in [1.29, 1.82) is 0 Å². The number of anilines is 1. The number of carbonyl (C=O) groups is 3. The molecule has 1 aromatic carbocycles. The highest BCUT2D eigenvalue weighted by Crippen LogP contribution is 2.59. The number of hydrogen-bond donors (Lipinski definition) is 1. The summed E-state index contributed by atoms with van der Waals surface area (Å²) in [5.74, 6) is -1.21. The maximum atomic E-state index is 14.4. The molecule has 0 radical (unpaired) electrons. The molecule has 1 spiro atoms. The summed E-state index contributed by atoms with van der Waals surface area (Å²) in [5.41, 5.74) is -0.351. The van der Waals surface area contributed by atoms with Crippen LogP contribution in [0.5, 0.6) is 5.75 Å². The van der Waals surface area contributed by atoms with E-state index in [-0.39, 0.29) is 30.9 Å². The molecule has 236 valence electrons. The maximum Gasteiger partial charge on any atom is 0.248 e. The molecule has 3 amide bonds. The summed E-state index contributed by atoms with van der Waals surface area (Å²) in [4.78, 5) is 48.2. The lowest BCUT2D eigenvalue weighted by Crippen LogP contribution is -2.56. The Morgan fingerprint density at radius 3 is 2.47 bits per heavy atom. The molecule has 3 saturated heterocycles. The molecule has 3 aliphatic heterocycles. The molecule has 1 N–H and O–H groups in total. The molecule has 2 unspecified atom stereocenters. The third-order valence-corrected chi connectivity index (χ3v) is 9.11. The van der Waals surface area contributed by atoms with E-state index in [9.17, 15) is 19.5 Å². The molecule has 0 aliphatic carbocycles. The molecule has 3 aliphatic rings. The maximum absolute atomic E-state index is 14.4. The summed E-state index contributed by atoms with van der Waals surface area (Å²) >= 11 is 0. The molecular formula is C34H49N3O6. The van der Waals surface area contributed by atoms with Crippen molar-refractivity contribution in [1.82, 2.24) is 9.80 Å². The highest BCUT2D eigenvalue weighted by atomic mass is 16.5. The van der Waals surface area contributed by atoms with E-state index in [0.717, 1.165) is 25.7 Å². The molecule has 3 fully saturated rings. The molecule has 9 nitrogen and oxygen atoms in total. The van der Waals surface area contributed by atoms with E-state index in [2.05, 4.69) is 20.1 Å². The largest absolute Gasteiger partial charge is 0.494 e. The fraction of sp³-hybridized carbons (Fsp3) is 0.618. The summed E-state index contributed by atoms with van der Waals surface area (Å²) in [7, 11) is 0. The van der Waals surface area contributed by atoms with Crippen molar-refractivity contribution < 1.29 is 29.0 Å². The second kappa shape index (κ2) is 15.0. The van der Waals surface area contributed by atoms with Crippen LogP contribution in [0.3, 0.4) is 0 Å². The van der Waals surface area contributed by atoms with E-state index < -0.39 is 29.6 Å². The monoisotopic (exact) mass is 595 g/mol. The lowest BCUT2D eigenvalue weighted by atomic mass is 9.70. The predicted molar refractivity (Wildman–Crippen MR) is 167 cm³/mol. The van der Waals surface area contributed by atoms with Crippen molar-refractivity contribution in [2.24, 2.45) is 11.8 Å². The Morgan fingerprint density at radius 2 is 1.81 bits per heavy atom. The summed E-state index contributed by atoms with van der Waals surface area (Å²) in [6.45, 7) is 14.1. The second-order valence-corrected chi connectivity index (χ2v) is 11.8. The number of amides is 3. The van der Waals surface area contributed by atoms with Gasteiger partial charge in [0, 0.05) is 38.5 Å². The molecule has 1 aromatic rings. The summed E-state index contributed by atoms with van der Waals surface area (Å²) in [6, 6.07) is 6.56. The fourth-order valence-electron chi connectivity index (χ4n) is 7.22. The molecule has 9 heteroatoms. The number of aliphatic hydroxyl groups excluding tert-OH is 1. The van der Waals surface area contributed by atoms with Crippen molar-refractivity contribution in [2.45, 2.75) is 83.0 Å². The molecule has 4 rings (SSSR count). The van der Waals surface area contributed by atoms with Gasteiger partial charge in [0.1, 0.15) is 17.4 Å². The summed E-state index contributed by atoms with van der Waals surface area (Å²) in [5, 5.41) is 9.30. The zero-order valence-corrected chi connectivity index (χ0v) is 25.9. The van der Waals surface area contributed by atoms with Crippen LogP contribution in [0, 0.1) is 11.8 Å². The van der Waals surface area contributed by atoms with E-state index >= 15 is 0 Å². The van der Waals surface area contributed by atoms with E-state index in [1.807, 2.05) is 31.2 Å². The number of rotatable bonds is 18. The van der Waals surface area contributed by atoms with Crippen LogP contribution in [-0.2, 0) is 19.1 Å². The molecule has 2 bridgehead atoms. The number of fused-ring (bicyclic) bond motifs is 1. The minimum atomic E-state index is -1.04. The van der Waals surface area contributed by atoms with Crippen LogP contribution in [0.15, 0.2) is 49.6 Å².